The van der Waals surface area contributed by atoms with Crippen LogP contribution >= 0.6 is 0 Å². The third-order valence-corrected chi connectivity index (χ3v) is 4.63. The Labute approximate surface area is 131 Å². The second kappa shape index (κ2) is 5.84. The molecule has 2 heterocycles. The zero-order chi connectivity index (χ0) is 14.8. The molecule has 0 saturated carbocycles. The van der Waals surface area contributed by atoms with Crippen LogP contribution in [0.15, 0.2) is 64.9 Å². The molecule has 1 saturated heterocycles. The smallest absolute Gasteiger partial charge is 0.0883 e. The number of hydrogen-bond donors (Lipinski definition) is 1. The number of benzene rings is 1. The third-order valence-electron chi connectivity index (χ3n) is 4.63. The molecule has 2 aliphatic heterocycles. The quantitative estimate of drug-likeness (QED) is 0.925. The maximum absolute atomic E-state index is 4.52. The maximum Gasteiger partial charge on any atom is 0.0883 e. The van der Waals surface area contributed by atoms with Crippen molar-refractivity contribution in [2.75, 3.05) is 13.1 Å². The highest BCUT2D eigenvalue weighted by atomic mass is 15.3. The lowest BCUT2D eigenvalue weighted by atomic mass is 9.93. The molecule has 0 radical (unpaired) electrons. The third kappa shape index (κ3) is 2.59. The summed E-state index contributed by atoms with van der Waals surface area (Å²) in [7, 11) is 0. The van der Waals surface area contributed by atoms with Gasteiger partial charge in [-0.3, -0.25) is 0 Å². The summed E-state index contributed by atoms with van der Waals surface area (Å²) in [6, 6.07) is 10.7. The van der Waals surface area contributed by atoms with E-state index in [0.717, 1.165) is 12.1 Å². The first-order valence-electron chi connectivity index (χ1n) is 8.12. The number of nitrogens with one attached hydrogen (secondary N) is 1. The van der Waals surface area contributed by atoms with Crippen LogP contribution in [0.25, 0.3) is 6.08 Å². The molecule has 1 fully saturated rings. The SMILES string of the molecule is C1=C2C(/C=C/c3ccccc3)=NNC2CC(N2CCCC2)=C1. The van der Waals surface area contributed by atoms with Gasteiger partial charge in [0.1, 0.15) is 0 Å². The van der Waals surface area contributed by atoms with E-state index in [1.807, 2.05) is 6.07 Å². The van der Waals surface area contributed by atoms with Crippen molar-refractivity contribution in [2.45, 2.75) is 25.3 Å². The number of hydrazone groups is 1. The van der Waals surface area contributed by atoms with Crippen molar-refractivity contribution >= 4 is 11.8 Å². The molecule has 1 unspecified atom stereocenters. The molecular formula is C19H21N3. The molecule has 1 aromatic carbocycles. The van der Waals surface area contributed by atoms with Crippen molar-refractivity contribution in [3.8, 4) is 0 Å². The summed E-state index contributed by atoms with van der Waals surface area (Å²) in [4.78, 5) is 2.52. The minimum absolute atomic E-state index is 0.344. The van der Waals surface area contributed by atoms with Crippen LogP contribution in [0, 0.1) is 0 Å². The van der Waals surface area contributed by atoms with E-state index in [-0.39, 0.29) is 0 Å². The average molecular weight is 291 g/mol. The fraction of sp³-hybridized carbons (Fsp3) is 0.316. The predicted octanol–water partition coefficient (Wildman–Crippen LogP) is 3.34. The Morgan fingerprint density at radius 3 is 2.68 bits per heavy atom. The van der Waals surface area contributed by atoms with Gasteiger partial charge in [0.05, 0.1) is 11.8 Å². The molecule has 1 aromatic rings. The Kier molecular flexibility index (Phi) is 3.55. The second-order valence-corrected chi connectivity index (χ2v) is 6.10. The van der Waals surface area contributed by atoms with Crippen molar-refractivity contribution < 1.29 is 0 Å². The molecule has 4 rings (SSSR count). The van der Waals surface area contributed by atoms with Crippen molar-refractivity contribution in [1.29, 1.82) is 0 Å². The molecule has 3 aliphatic rings. The summed E-state index contributed by atoms with van der Waals surface area (Å²) in [5, 5.41) is 4.52. The van der Waals surface area contributed by atoms with Crippen LogP contribution in [0.4, 0.5) is 0 Å². The van der Waals surface area contributed by atoms with Crippen LogP contribution in [-0.2, 0) is 0 Å². The Morgan fingerprint density at radius 1 is 1.05 bits per heavy atom. The molecule has 0 spiro atoms. The summed E-state index contributed by atoms with van der Waals surface area (Å²) in [5.41, 5.74) is 8.34. The fourth-order valence-corrected chi connectivity index (χ4v) is 3.39. The van der Waals surface area contributed by atoms with Crippen LogP contribution in [0.2, 0.25) is 0 Å². The lowest BCUT2D eigenvalue weighted by Crippen LogP contribution is -2.30. The van der Waals surface area contributed by atoms with Crippen molar-refractivity contribution in [3.63, 3.8) is 0 Å². The minimum Gasteiger partial charge on any atom is -0.375 e. The second-order valence-electron chi connectivity index (χ2n) is 6.10. The topological polar surface area (TPSA) is 27.6 Å². The van der Waals surface area contributed by atoms with Crippen LogP contribution in [0.1, 0.15) is 24.8 Å². The van der Waals surface area contributed by atoms with E-state index in [9.17, 15) is 0 Å². The number of nitrogens with zero attached hydrogens (tertiary/aromatic N) is 2. The van der Waals surface area contributed by atoms with Crippen molar-refractivity contribution in [2.24, 2.45) is 5.10 Å². The molecule has 0 amide bonds. The zero-order valence-corrected chi connectivity index (χ0v) is 12.7. The highest BCUT2D eigenvalue weighted by molar-refractivity contribution is 6.12. The van der Waals surface area contributed by atoms with E-state index in [1.54, 1.807) is 0 Å². The van der Waals surface area contributed by atoms with Gasteiger partial charge in [0.2, 0.25) is 0 Å². The van der Waals surface area contributed by atoms with Crippen molar-refractivity contribution in [1.82, 2.24) is 10.3 Å². The minimum atomic E-state index is 0.344. The van der Waals surface area contributed by atoms with Gasteiger partial charge >= 0.3 is 0 Å². The molecule has 3 heteroatoms. The van der Waals surface area contributed by atoms with Crippen LogP contribution in [-0.4, -0.2) is 29.7 Å². The largest absolute Gasteiger partial charge is 0.375 e. The van der Waals surface area contributed by atoms with Crippen molar-refractivity contribution in [3.05, 3.63) is 65.4 Å². The Balaban J connectivity index is 1.51. The standard InChI is InChI=1S/C19H21N3/c1-2-6-15(7-3-1)8-11-18-17-10-9-16(14-19(17)21-20-18)22-12-4-5-13-22/h1-3,6-11,19,21H,4-5,12-14H2/b11-8+. The van der Waals surface area contributed by atoms with Gasteiger partial charge in [-0.15, -0.1) is 0 Å². The molecular weight excluding hydrogens is 270 g/mol. The van der Waals surface area contributed by atoms with Gasteiger partial charge < -0.3 is 10.3 Å². The molecule has 1 N–H and O–H groups in total. The van der Waals surface area contributed by atoms with E-state index in [2.05, 4.69) is 64.0 Å². The summed E-state index contributed by atoms with van der Waals surface area (Å²) in [6.45, 7) is 2.42. The highest BCUT2D eigenvalue weighted by Crippen LogP contribution is 2.28. The van der Waals surface area contributed by atoms with E-state index < -0.39 is 0 Å². The summed E-state index contributed by atoms with van der Waals surface area (Å²) in [5.74, 6) is 0. The molecule has 22 heavy (non-hydrogen) atoms. The highest BCUT2D eigenvalue weighted by Gasteiger charge is 2.28. The summed E-state index contributed by atoms with van der Waals surface area (Å²) in [6.07, 6.45) is 12.5. The molecule has 1 atom stereocenters. The molecule has 1 aliphatic carbocycles. The van der Waals surface area contributed by atoms with E-state index in [0.29, 0.717) is 6.04 Å². The van der Waals surface area contributed by atoms with Gasteiger partial charge in [-0.25, -0.2) is 0 Å². The number of likely N-dealkylation sites (tertiary alicyclic amines) is 1. The number of allylic oxidation sites excluding steroid dienone is 3. The van der Waals surface area contributed by atoms with Gasteiger partial charge in [0.25, 0.3) is 0 Å². The first kappa shape index (κ1) is 13.4. The first-order valence-corrected chi connectivity index (χ1v) is 8.12. The fourth-order valence-electron chi connectivity index (χ4n) is 3.39. The van der Waals surface area contributed by atoms with Gasteiger partial charge in [-0.1, -0.05) is 42.5 Å². The van der Waals surface area contributed by atoms with Gasteiger partial charge in [0.15, 0.2) is 0 Å². The van der Waals surface area contributed by atoms with Crippen LogP contribution in [0.5, 0.6) is 0 Å². The lowest BCUT2D eigenvalue weighted by Gasteiger charge is -2.27. The van der Waals surface area contributed by atoms with Crippen LogP contribution in [0.3, 0.4) is 0 Å². The predicted molar refractivity (Wildman–Crippen MR) is 91.4 cm³/mol. The number of hydrogen-bond acceptors (Lipinski definition) is 3. The maximum atomic E-state index is 4.52. The van der Waals surface area contributed by atoms with Gasteiger partial charge in [-0.05, 0) is 30.6 Å². The van der Waals surface area contributed by atoms with E-state index >= 15 is 0 Å². The summed E-state index contributed by atoms with van der Waals surface area (Å²) >= 11 is 0. The number of rotatable bonds is 3. The van der Waals surface area contributed by atoms with Crippen LogP contribution < -0.4 is 5.43 Å². The van der Waals surface area contributed by atoms with Gasteiger partial charge in [0, 0.05) is 30.8 Å². The summed E-state index contributed by atoms with van der Waals surface area (Å²) < 4.78 is 0. The lowest BCUT2D eigenvalue weighted by molar-refractivity contribution is 0.393. The average Bonchev–Trinajstić information content (AvgIpc) is 3.23. The van der Waals surface area contributed by atoms with Gasteiger partial charge in [-0.2, -0.15) is 5.10 Å². The Morgan fingerprint density at radius 2 is 1.86 bits per heavy atom. The normalized spacial score (nSPS) is 23.9. The monoisotopic (exact) mass is 291 g/mol. The zero-order valence-electron chi connectivity index (χ0n) is 12.7. The molecule has 3 nitrogen and oxygen atoms in total. The molecule has 0 bridgehead atoms. The van der Waals surface area contributed by atoms with E-state index in [1.165, 1.54) is 42.8 Å². The Hall–Kier alpha value is -2.29. The Bertz CT molecular complexity index is 661. The molecule has 0 aromatic heterocycles. The number of fused-ring (bicyclic) bond motifs is 1. The molecule has 112 valence electrons. The van der Waals surface area contributed by atoms with E-state index in [4.69, 9.17) is 0 Å². The first-order chi connectivity index (χ1) is 10.9.